The number of nitrogens with one attached hydrogen (secondary N) is 1. The molecular formula is C12H17ClN2S. The van der Waals surface area contributed by atoms with Crippen LogP contribution in [0.15, 0.2) is 12.1 Å². The van der Waals surface area contributed by atoms with Crippen LogP contribution in [-0.2, 0) is 6.54 Å². The summed E-state index contributed by atoms with van der Waals surface area (Å²) < 4.78 is 0.907. The molecule has 2 nitrogen and oxygen atoms in total. The lowest BCUT2D eigenvalue weighted by Gasteiger charge is -2.23. The average molecular weight is 257 g/mol. The van der Waals surface area contributed by atoms with E-state index >= 15 is 0 Å². The summed E-state index contributed by atoms with van der Waals surface area (Å²) in [6.45, 7) is 3.50. The zero-order chi connectivity index (χ0) is 11.0. The minimum Gasteiger partial charge on any atom is -0.310 e. The fraction of sp³-hybridized carbons (Fsp3) is 0.667. The van der Waals surface area contributed by atoms with Gasteiger partial charge >= 0.3 is 0 Å². The maximum Gasteiger partial charge on any atom is 0.0931 e. The molecule has 0 amide bonds. The van der Waals surface area contributed by atoms with E-state index in [0.717, 1.165) is 23.0 Å². The first-order valence-corrected chi connectivity index (χ1v) is 7.21. The van der Waals surface area contributed by atoms with Crippen LogP contribution in [-0.4, -0.2) is 30.1 Å². The van der Waals surface area contributed by atoms with Crippen LogP contribution in [0.5, 0.6) is 0 Å². The van der Waals surface area contributed by atoms with Gasteiger partial charge in [0.05, 0.1) is 4.34 Å². The molecule has 2 unspecified atom stereocenters. The Hall–Kier alpha value is -0.0900. The van der Waals surface area contributed by atoms with Crippen LogP contribution < -0.4 is 5.32 Å². The van der Waals surface area contributed by atoms with Crippen molar-refractivity contribution in [2.45, 2.75) is 37.9 Å². The highest BCUT2D eigenvalue weighted by Crippen LogP contribution is 2.25. The summed E-state index contributed by atoms with van der Waals surface area (Å²) >= 11 is 7.67. The molecule has 3 heterocycles. The van der Waals surface area contributed by atoms with Crippen LogP contribution in [0, 0.1) is 0 Å². The molecule has 1 N–H and O–H groups in total. The first kappa shape index (κ1) is 11.0. The predicted octanol–water partition coefficient (Wildman–Crippen LogP) is 2.73. The summed E-state index contributed by atoms with van der Waals surface area (Å²) in [4.78, 5) is 3.96. The highest BCUT2D eigenvalue weighted by atomic mass is 35.5. The van der Waals surface area contributed by atoms with E-state index < -0.39 is 0 Å². The van der Waals surface area contributed by atoms with Crippen molar-refractivity contribution in [2.24, 2.45) is 0 Å². The third-order valence-electron chi connectivity index (χ3n) is 3.62. The Morgan fingerprint density at radius 2 is 2.19 bits per heavy atom. The molecule has 0 aliphatic carbocycles. The van der Waals surface area contributed by atoms with E-state index in [4.69, 9.17) is 11.6 Å². The van der Waals surface area contributed by atoms with Crippen molar-refractivity contribution in [3.8, 4) is 0 Å². The van der Waals surface area contributed by atoms with E-state index in [9.17, 15) is 0 Å². The lowest BCUT2D eigenvalue weighted by atomic mass is 10.1. The van der Waals surface area contributed by atoms with E-state index in [-0.39, 0.29) is 0 Å². The van der Waals surface area contributed by atoms with Crippen molar-refractivity contribution in [1.82, 2.24) is 10.2 Å². The zero-order valence-corrected chi connectivity index (χ0v) is 10.9. The molecule has 2 fully saturated rings. The second-order valence-electron chi connectivity index (χ2n) is 4.87. The summed E-state index contributed by atoms with van der Waals surface area (Å²) in [5, 5.41) is 3.71. The smallest absolute Gasteiger partial charge is 0.0931 e. The number of fused-ring (bicyclic) bond motifs is 2. The molecule has 2 atom stereocenters. The molecule has 1 aromatic heterocycles. The number of rotatable bonds is 2. The maximum absolute atomic E-state index is 5.96. The molecule has 2 bridgehead atoms. The fourth-order valence-electron chi connectivity index (χ4n) is 2.82. The topological polar surface area (TPSA) is 15.3 Å². The minimum absolute atomic E-state index is 0.725. The van der Waals surface area contributed by atoms with Gasteiger partial charge in [-0.1, -0.05) is 11.6 Å². The zero-order valence-electron chi connectivity index (χ0n) is 9.29. The van der Waals surface area contributed by atoms with E-state index in [1.54, 1.807) is 11.3 Å². The Balaban J connectivity index is 1.63. The Morgan fingerprint density at radius 1 is 1.31 bits per heavy atom. The minimum atomic E-state index is 0.725. The first-order valence-electron chi connectivity index (χ1n) is 6.02. The third kappa shape index (κ3) is 2.43. The third-order valence-corrected chi connectivity index (χ3v) is 4.83. The SMILES string of the molecule is Clc1ccc(CN2CCC3CCC(C2)N3)s1. The van der Waals surface area contributed by atoms with Crippen LogP contribution in [0.25, 0.3) is 0 Å². The summed E-state index contributed by atoms with van der Waals surface area (Å²) in [5.41, 5.74) is 0. The van der Waals surface area contributed by atoms with Crippen LogP contribution in [0.1, 0.15) is 24.1 Å². The van der Waals surface area contributed by atoms with Gasteiger partial charge in [0.2, 0.25) is 0 Å². The van der Waals surface area contributed by atoms with Gasteiger partial charge in [-0.25, -0.2) is 0 Å². The second kappa shape index (κ2) is 4.65. The molecule has 2 aliphatic heterocycles. The fourth-order valence-corrected chi connectivity index (χ4v) is 3.95. The summed E-state index contributed by atoms with van der Waals surface area (Å²) in [7, 11) is 0. The van der Waals surface area contributed by atoms with Crippen LogP contribution in [0.4, 0.5) is 0 Å². The summed E-state index contributed by atoms with van der Waals surface area (Å²) in [5.74, 6) is 0. The van der Waals surface area contributed by atoms with Gasteiger partial charge in [0, 0.05) is 36.6 Å². The van der Waals surface area contributed by atoms with Crippen LogP contribution in [0.3, 0.4) is 0 Å². The monoisotopic (exact) mass is 256 g/mol. The highest BCUT2D eigenvalue weighted by Gasteiger charge is 2.29. The first-order chi connectivity index (χ1) is 7.79. The van der Waals surface area contributed by atoms with Gasteiger partial charge in [0.25, 0.3) is 0 Å². The van der Waals surface area contributed by atoms with Gasteiger partial charge in [0.15, 0.2) is 0 Å². The number of likely N-dealkylation sites (tertiary alicyclic amines) is 1. The van der Waals surface area contributed by atoms with E-state index in [1.165, 1.54) is 37.2 Å². The molecule has 0 saturated carbocycles. The predicted molar refractivity (Wildman–Crippen MR) is 69.2 cm³/mol. The molecular weight excluding hydrogens is 240 g/mol. The van der Waals surface area contributed by atoms with Crippen molar-refractivity contribution in [3.05, 3.63) is 21.3 Å². The lowest BCUT2D eigenvalue weighted by molar-refractivity contribution is 0.253. The molecule has 16 heavy (non-hydrogen) atoms. The molecule has 0 aromatic carbocycles. The van der Waals surface area contributed by atoms with Crippen molar-refractivity contribution in [1.29, 1.82) is 0 Å². The van der Waals surface area contributed by atoms with Gasteiger partial charge in [-0.2, -0.15) is 0 Å². The molecule has 88 valence electrons. The van der Waals surface area contributed by atoms with Gasteiger partial charge in [-0.05, 0) is 31.4 Å². The standard InChI is InChI=1S/C12H17ClN2S/c13-12-4-3-11(16-12)8-15-6-5-9-1-2-10(7-15)14-9/h3-4,9-10,14H,1-2,5-8H2. The number of thiophene rings is 1. The van der Waals surface area contributed by atoms with E-state index in [2.05, 4.69) is 16.3 Å². The Morgan fingerprint density at radius 3 is 3.00 bits per heavy atom. The Bertz CT molecular complexity index is 366. The Labute approximate surface area is 106 Å². The molecule has 4 heteroatoms. The van der Waals surface area contributed by atoms with Crippen molar-refractivity contribution in [2.75, 3.05) is 13.1 Å². The quantitative estimate of drug-likeness (QED) is 0.875. The van der Waals surface area contributed by atoms with Gasteiger partial charge in [0.1, 0.15) is 0 Å². The van der Waals surface area contributed by atoms with Gasteiger partial charge in [-0.3, -0.25) is 4.90 Å². The number of halogens is 1. The normalized spacial score (nSPS) is 30.6. The number of hydrogen-bond acceptors (Lipinski definition) is 3. The maximum atomic E-state index is 5.96. The summed E-state index contributed by atoms with van der Waals surface area (Å²) in [6, 6.07) is 5.66. The van der Waals surface area contributed by atoms with Gasteiger partial charge in [-0.15, -0.1) is 11.3 Å². The number of nitrogens with zero attached hydrogens (tertiary/aromatic N) is 1. The van der Waals surface area contributed by atoms with Crippen LogP contribution in [0.2, 0.25) is 4.34 Å². The number of hydrogen-bond donors (Lipinski definition) is 1. The van der Waals surface area contributed by atoms with Crippen molar-refractivity contribution < 1.29 is 0 Å². The lowest BCUT2D eigenvalue weighted by Crippen LogP contribution is -2.34. The van der Waals surface area contributed by atoms with E-state index in [0.29, 0.717) is 0 Å². The largest absolute Gasteiger partial charge is 0.310 e. The molecule has 0 radical (unpaired) electrons. The van der Waals surface area contributed by atoms with Crippen molar-refractivity contribution >= 4 is 22.9 Å². The van der Waals surface area contributed by atoms with E-state index in [1.807, 2.05) is 6.07 Å². The molecule has 3 rings (SSSR count). The van der Waals surface area contributed by atoms with Gasteiger partial charge < -0.3 is 5.32 Å². The second-order valence-corrected chi connectivity index (χ2v) is 6.67. The Kier molecular flexibility index (Phi) is 3.20. The molecule has 1 aromatic rings. The molecule has 2 aliphatic rings. The molecule has 0 spiro atoms. The highest BCUT2D eigenvalue weighted by molar-refractivity contribution is 7.16. The van der Waals surface area contributed by atoms with Crippen molar-refractivity contribution in [3.63, 3.8) is 0 Å². The average Bonchev–Trinajstić information content (AvgIpc) is 2.77. The molecule has 2 saturated heterocycles. The van der Waals surface area contributed by atoms with Crippen LogP contribution >= 0.6 is 22.9 Å². The summed E-state index contributed by atoms with van der Waals surface area (Å²) in [6.07, 6.45) is 4.03.